The van der Waals surface area contributed by atoms with Crippen LogP contribution in [-0.2, 0) is 4.79 Å². The quantitative estimate of drug-likeness (QED) is 0.659. The van der Waals surface area contributed by atoms with Crippen LogP contribution in [0.15, 0.2) is 35.9 Å². The van der Waals surface area contributed by atoms with Gasteiger partial charge >= 0.3 is 0 Å². The van der Waals surface area contributed by atoms with Crippen LogP contribution in [-0.4, -0.2) is 5.78 Å². The first kappa shape index (κ1) is 10.4. The molecule has 1 aliphatic rings. The fourth-order valence-corrected chi connectivity index (χ4v) is 2.34. The minimum absolute atomic E-state index is 0.167. The number of carbonyl (C=O) groups is 1. The fourth-order valence-electron chi connectivity index (χ4n) is 2.07. The Balaban J connectivity index is 2.36. The van der Waals surface area contributed by atoms with Crippen molar-refractivity contribution in [3.8, 4) is 0 Å². The number of ketones is 1. The molecule has 1 aromatic carbocycles. The van der Waals surface area contributed by atoms with E-state index < -0.39 is 0 Å². The maximum Gasteiger partial charge on any atom is 0.137 e. The topological polar surface area (TPSA) is 17.1 Å². The molecular formula is C13H13ClO. The van der Waals surface area contributed by atoms with Crippen LogP contribution >= 0.6 is 11.6 Å². The number of halogens is 1. The highest BCUT2D eigenvalue weighted by Gasteiger charge is 2.20. The third-order valence-corrected chi connectivity index (χ3v) is 3.06. The first-order valence-corrected chi connectivity index (χ1v) is 5.48. The second-order valence-electron chi connectivity index (χ2n) is 4.06. The molecule has 2 heteroatoms. The maximum absolute atomic E-state index is 11.5. The van der Waals surface area contributed by atoms with Crippen LogP contribution in [0.5, 0.6) is 0 Å². The third kappa shape index (κ3) is 2.29. The predicted molar refractivity (Wildman–Crippen MR) is 62.2 cm³/mol. The van der Waals surface area contributed by atoms with Gasteiger partial charge in [0.25, 0.3) is 0 Å². The van der Waals surface area contributed by atoms with Crippen molar-refractivity contribution < 1.29 is 4.79 Å². The highest BCUT2D eigenvalue weighted by molar-refractivity contribution is 6.31. The smallest absolute Gasteiger partial charge is 0.137 e. The van der Waals surface area contributed by atoms with Crippen molar-refractivity contribution in [3.05, 3.63) is 46.5 Å². The van der Waals surface area contributed by atoms with E-state index >= 15 is 0 Å². The minimum Gasteiger partial charge on any atom is -0.299 e. The Morgan fingerprint density at radius 1 is 1.33 bits per heavy atom. The Morgan fingerprint density at radius 2 is 2.07 bits per heavy atom. The molecule has 1 atom stereocenters. The van der Waals surface area contributed by atoms with Crippen LogP contribution in [0.4, 0.5) is 0 Å². The Morgan fingerprint density at radius 3 is 2.73 bits per heavy atom. The van der Waals surface area contributed by atoms with Gasteiger partial charge in [0, 0.05) is 23.8 Å². The predicted octanol–water partition coefficient (Wildman–Crippen LogP) is 3.73. The van der Waals surface area contributed by atoms with Gasteiger partial charge in [-0.15, -0.1) is 0 Å². The standard InChI is InChI=1S/C13H13ClO/c1-9-6-10(8-11(15)7-9)12-4-2-3-5-13(12)14/h2-6,10H,7-8H2,1H3. The Kier molecular flexibility index (Phi) is 2.92. The van der Waals surface area contributed by atoms with Crippen LogP contribution in [0.1, 0.15) is 31.2 Å². The number of benzene rings is 1. The largest absolute Gasteiger partial charge is 0.299 e. The summed E-state index contributed by atoms with van der Waals surface area (Å²) in [5.74, 6) is 0.472. The maximum atomic E-state index is 11.5. The van der Waals surface area contributed by atoms with Crippen molar-refractivity contribution in [1.82, 2.24) is 0 Å². The zero-order valence-corrected chi connectivity index (χ0v) is 9.42. The lowest BCUT2D eigenvalue weighted by Crippen LogP contribution is -2.11. The zero-order chi connectivity index (χ0) is 10.8. The van der Waals surface area contributed by atoms with E-state index in [1.54, 1.807) is 0 Å². The molecule has 0 radical (unpaired) electrons. The number of allylic oxidation sites excluding steroid dienone is 2. The minimum atomic E-state index is 0.167. The SMILES string of the molecule is CC1=CC(c2ccccc2Cl)CC(=O)C1. The summed E-state index contributed by atoms with van der Waals surface area (Å²) < 4.78 is 0. The van der Waals surface area contributed by atoms with Crippen molar-refractivity contribution in [2.45, 2.75) is 25.7 Å². The molecule has 1 unspecified atom stereocenters. The van der Waals surface area contributed by atoms with Crippen LogP contribution in [0, 0.1) is 0 Å². The van der Waals surface area contributed by atoms with Gasteiger partial charge in [0.2, 0.25) is 0 Å². The number of carbonyl (C=O) groups excluding carboxylic acids is 1. The van der Waals surface area contributed by atoms with Gasteiger partial charge < -0.3 is 0 Å². The Labute approximate surface area is 94.8 Å². The van der Waals surface area contributed by atoms with Gasteiger partial charge in [0.15, 0.2) is 0 Å². The average molecular weight is 221 g/mol. The third-order valence-electron chi connectivity index (χ3n) is 2.71. The van der Waals surface area contributed by atoms with E-state index in [-0.39, 0.29) is 5.92 Å². The summed E-state index contributed by atoms with van der Waals surface area (Å²) >= 11 is 6.11. The van der Waals surface area contributed by atoms with E-state index in [1.807, 2.05) is 31.2 Å². The van der Waals surface area contributed by atoms with Gasteiger partial charge in [-0.2, -0.15) is 0 Å². The van der Waals surface area contributed by atoms with Crippen molar-refractivity contribution >= 4 is 17.4 Å². The first-order valence-electron chi connectivity index (χ1n) is 5.10. The molecule has 1 nitrogen and oxygen atoms in total. The van der Waals surface area contributed by atoms with Gasteiger partial charge in [0.05, 0.1) is 0 Å². The second kappa shape index (κ2) is 4.19. The summed E-state index contributed by atoms with van der Waals surface area (Å²) in [6.45, 7) is 2.00. The molecule has 0 aliphatic heterocycles. The second-order valence-corrected chi connectivity index (χ2v) is 4.47. The van der Waals surface area contributed by atoms with E-state index in [4.69, 9.17) is 11.6 Å². The summed E-state index contributed by atoms with van der Waals surface area (Å²) in [5, 5.41) is 0.751. The van der Waals surface area contributed by atoms with Crippen molar-refractivity contribution in [1.29, 1.82) is 0 Å². The van der Waals surface area contributed by atoms with Crippen molar-refractivity contribution in [3.63, 3.8) is 0 Å². The average Bonchev–Trinajstić information content (AvgIpc) is 2.16. The van der Waals surface area contributed by atoms with Crippen LogP contribution in [0.3, 0.4) is 0 Å². The molecule has 0 saturated carbocycles. The molecule has 0 aromatic heterocycles. The lowest BCUT2D eigenvalue weighted by molar-refractivity contribution is -0.118. The summed E-state index contributed by atoms with van der Waals surface area (Å²) in [7, 11) is 0. The number of hydrogen-bond donors (Lipinski definition) is 0. The highest BCUT2D eigenvalue weighted by Crippen LogP contribution is 2.32. The molecule has 2 rings (SSSR count). The van der Waals surface area contributed by atoms with Gasteiger partial charge in [-0.3, -0.25) is 4.79 Å². The van der Waals surface area contributed by atoms with Gasteiger partial charge in [-0.25, -0.2) is 0 Å². The van der Waals surface area contributed by atoms with Crippen molar-refractivity contribution in [2.24, 2.45) is 0 Å². The van der Waals surface area contributed by atoms with E-state index in [0.29, 0.717) is 18.6 Å². The molecular weight excluding hydrogens is 208 g/mol. The van der Waals surface area contributed by atoms with Gasteiger partial charge in [-0.05, 0) is 18.6 Å². The number of Topliss-reactive ketones (excluding diaryl/α,β-unsaturated/α-hetero) is 1. The lowest BCUT2D eigenvalue weighted by atomic mass is 9.85. The summed E-state index contributed by atoms with van der Waals surface area (Å²) in [4.78, 5) is 11.5. The van der Waals surface area contributed by atoms with Gasteiger partial charge in [0.1, 0.15) is 5.78 Å². The molecule has 1 aromatic rings. The molecule has 0 spiro atoms. The van der Waals surface area contributed by atoms with E-state index in [1.165, 1.54) is 0 Å². The van der Waals surface area contributed by atoms with Crippen LogP contribution in [0.2, 0.25) is 5.02 Å². The number of hydrogen-bond acceptors (Lipinski definition) is 1. The molecule has 0 fully saturated rings. The highest BCUT2D eigenvalue weighted by atomic mass is 35.5. The summed E-state index contributed by atoms with van der Waals surface area (Å²) in [6, 6.07) is 7.74. The van der Waals surface area contributed by atoms with E-state index in [9.17, 15) is 4.79 Å². The van der Waals surface area contributed by atoms with Crippen LogP contribution < -0.4 is 0 Å². The Hall–Kier alpha value is -1.08. The molecule has 0 heterocycles. The zero-order valence-electron chi connectivity index (χ0n) is 8.66. The molecule has 0 amide bonds. The molecule has 0 saturated heterocycles. The normalized spacial score (nSPS) is 21.3. The Bertz CT molecular complexity index is 420. The van der Waals surface area contributed by atoms with E-state index in [2.05, 4.69) is 6.08 Å². The van der Waals surface area contributed by atoms with E-state index in [0.717, 1.165) is 16.2 Å². The number of rotatable bonds is 1. The van der Waals surface area contributed by atoms with Crippen LogP contribution in [0.25, 0.3) is 0 Å². The molecule has 15 heavy (non-hydrogen) atoms. The fraction of sp³-hybridized carbons (Fsp3) is 0.308. The molecule has 1 aliphatic carbocycles. The summed E-state index contributed by atoms with van der Waals surface area (Å²) in [6.07, 6.45) is 3.34. The summed E-state index contributed by atoms with van der Waals surface area (Å²) in [5.41, 5.74) is 2.21. The first-order chi connectivity index (χ1) is 7.16. The monoisotopic (exact) mass is 220 g/mol. The lowest BCUT2D eigenvalue weighted by Gasteiger charge is -2.19. The van der Waals surface area contributed by atoms with Crippen molar-refractivity contribution in [2.75, 3.05) is 0 Å². The molecule has 0 N–H and O–H groups in total. The molecule has 0 bridgehead atoms. The van der Waals surface area contributed by atoms with Gasteiger partial charge in [-0.1, -0.05) is 41.4 Å². The molecule has 78 valence electrons.